The fraction of sp³-hybridized carbons (Fsp3) is 0.250. The third-order valence-electron chi connectivity index (χ3n) is 3.21. The van der Waals surface area contributed by atoms with E-state index in [0.717, 1.165) is 17.7 Å². The van der Waals surface area contributed by atoms with Crippen LogP contribution in [0.15, 0.2) is 36.4 Å². The molecule has 0 saturated heterocycles. The summed E-state index contributed by atoms with van der Waals surface area (Å²) in [5, 5.41) is 4.72. The number of hydrogen-bond acceptors (Lipinski definition) is 1. The molecule has 0 amide bonds. The highest BCUT2D eigenvalue weighted by Gasteiger charge is 2.15. The molecule has 0 aromatic heterocycles. The van der Waals surface area contributed by atoms with Crippen LogP contribution in [0.25, 0.3) is 0 Å². The van der Waals surface area contributed by atoms with Crippen LogP contribution in [0.2, 0.25) is 15.1 Å². The fourth-order valence-corrected chi connectivity index (χ4v) is 2.97. The van der Waals surface area contributed by atoms with Crippen molar-refractivity contribution in [2.75, 3.05) is 6.54 Å². The molecule has 1 nitrogen and oxygen atoms in total. The molecule has 0 aliphatic rings. The van der Waals surface area contributed by atoms with Gasteiger partial charge in [0.1, 0.15) is 5.82 Å². The average Bonchev–Trinajstić information content (AvgIpc) is 2.42. The number of rotatable bonds is 5. The Balaban J connectivity index is 2.28. The Morgan fingerprint density at radius 2 is 1.81 bits per heavy atom. The number of likely N-dealkylation sites (N-methyl/N-ethyl adjacent to an activating group) is 1. The summed E-state index contributed by atoms with van der Waals surface area (Å²) in [5.74, 6) is -0.412. The normalized spacial score (nSPS) is 12.4. The largest absolute Gasteiger partial charge is 0.310 e. The predicted molar refractivity (Wildman–Crippen MR) is 88.0 cm³/mol. The minimum atomic E-state index is -0.412. The van der Waals surface area contributed by atoms with Gasteiger partial charge >= 0.3 is 0 Å². The lowest BCUT2D eigenvalue weighted by Crippen LogP contribution is -2.23. The van der Waals surface area contributed by atoms with Gasteiger partial charge in [-0.2, -0.15) is 0 Å². The molecule has 2 aromatic rings. The zero-order valence-corrected chi connectivity index (χ0v) is 13.7. The molecule has 0 heterocycles. The Bertz CT molecular complexity index is 631. The van der Waals surface area contributed by atoms with Gasteiger partial charge in [0.25, 0.3) is 0 Å². The first-order valence-corrected chi connectivity index (χ1v) is 7.77. The minimum absolute atomic E-state index is 0.0151. The molecule has 0 fully saturated rings. The van der Waals surface area contributed by atoms with Crippen LogP contribution < -0.4 is 5.32 Å². The number of hydrogen-bond donors (Lipinski definition) is 1. The SMILES string of the molecule is CCNC(Cc1ccc(F)c(Cl)c1)c1ccc(Cl)cc1Cl. The van der Waals surface area contributed by atoms with Gasteiger partial charge < -0.3 is 5.32 Å². The van der Waals surface area contributed by atoms with Gasteiger partial charge in [0.2, 0.25) is 0 Å². The van der Waals surface area contributed by atoms with E-state index in [-0.39, 0.29) is 11.1 Å². The Morgan fingerprint density at radius 1 is 1.05 bits per heavy atom. The molecule has 0 radical (unpaired) electrons. The number of benzene rings is 2. The second-order valence-electron chi connectivity index (χ2n) is 4.73. The van der Waals surface area contributed by atoms with Crippen LogP contribution in [0.1, 0.15) is 24.1 Å². The van der Waals surface area contributed by atoms with Crippen molar-refractivity contribution >= 4 is 34.8 Å². The summed E-state index contributed by atoms with van der Waals surface area (Å²) in [4.78, 5) is 0. The van der Waals surface area contributed by atoms with E-state index in [9.17, 15) is 4.39 Å². The third-order valence-corrected chi connectivity index (χ3v) is 4.06. The maximum Gasteiger partial charge on any atom is 0.141 e. The fourth-order valence-electron chi connectivity index (χ4n) is 2.22. The Kier molecular flexibility index (Phi) is 5.88. The predicted octanol–water partition coefficient (Wildman–Crippen LogP) is 5.68. The summed E-state index contributed by atoms with van der Waals surface area (Å²) < 4.78 is 13.2. The highest BCUT2D eigenvalue weighted by molar-refractivity contribution is 6.35. The second kappa shape index (κ2) is 7.46. The lowest BCUT2D eigenvalue weighted by molar-refractivity contribution is 0.549. The molecule has 1 N–H and O–H groups in total. The Morgan fingerprint density at radius 3 is 2.43 bits per heavy atom. The van der Waals surface area contributed by atoms with E-state index in [1.165, 1.54) is 6.07 Å². The van der Waals surface area contributed by atoms with Crippen LogP contribution in [0.5, 0.6) is 0 Å². The van der Waals surface area contributed by atoms with Crippen LogP contribution in [0.3, 0.4) is 0 Å². The summed E-state index contributed by atoms with van der Waals surface area (Å²) >= 11 is 18.0. The molecular weight excluding hydrogens is 332 g/mol. The molecule has 2 rings (SSSR count). The van der Waals surface area contributed by atoms with Crippen LogP contribution in [-0.2, 0) is 6.42 Å². The molecule has 0 aliphatic heterocycles. The van der Waals surface area contributed by atoms with E-state index in [0.29, 0.717) is 16.5 Å². The van der Waals surface area contributed by atoms with Gasteiger partial charge in [-0.1, -0.05) is 53.9 Å². The van der Waals surface area contributed by atoms with Crippen molar-refractivity contribution in [2.24, 2.45) is 0 Å². The summed E-state index contributed by atoms with van der Waals surface area (Å²) in [6.07, 6.45) is 0.662. The zero-order chi connectivity index (χ0) is 15.4. The number of nitrogens with one attached hydrogen (secondary N) is 1. The van der Waals surface area contributed by atoms with E-state index >= 15 is 0 Å². The van der Waals surface area contributed by atoms with E-state index < -0.39 is 5.82 Å². The molecule has 0 bridgehead atoms. The van der Waals surface area contributed by atoms with Crippen molar-refractivity contribution in [1.29, 1.82) is 0 Å². The van der Waals surface area contributed by atoms with Crippen LogP contribution in [-0.4, -0.2) is 6.54 Å². The van der Waals surface area contributed by atoms with Gasteiger partial charge in [0, 0.05) is 16.1 Å². The summed E-state index contributed by atoms with van der Waals surface area (Å²) in [5.41, 5.74) is 1.90. The summed E-state index contributed by atoms with van der Waals surface area (Å²) in [6, 6.07) is 10.2. The molecule has 112 valence electrons. The molecule has 1 atom stereocenters. The van der Waals surface area contributed by atoms with Gasteiger partial charge in [0.05, 0.1) is 5.02 Å². The van der Waals surface area contributed by atoms with E-state index in [4.69, 9.17) is 34.8 Å². The van der Waals surface area contributed by atoms with Gasteiger partial charge in [-0.15, -0.1) is 0 Å². The maximum atomic E-state index is 13.2. The van der Waals surface area contributed by atoms with Crippen molar-refractivity contribution in [2.45, 2.75) is 19.4 Å². The van der Waals surface area contributed by atoms with Crippen molar-refractivity contribution in [3.05, 3.63) is 68.4 Å². The zero-order valence-electron chi connectivity index (χ0n) is 11.5. The molecule has 0 aliphatic carbocycles. The molecular formula is C16H15Cl3FN. The minimum Gasteiger partial charge on any atom is -0.310 e. The molecule has 0 spiro atoms. The highest BCUT2D eigenvalue weighted by Crippen LogP contribution is 2.29. The first kappa shape index (κ1) is 16.6. The third kappa shape index (κ3) is 4.33. The first-order valence-electron chi connectivity index (χ1n) is 6.63. The van der Waals surface area contributed by atoms with E-state index in [1.54, 1.807) is 18.2 Å². The molecule has 0 saturated carbocycles. The van der Waals surface area contributed by atoms with Gasteiger partial charge in [-0.25, -0.2) is 4.39 Å². The van der Waals surface area contributed by atoms with Crippen molar-refractivity contribution in [1.82, 2.24) is 5.32 Å². The van der Waals surface area contributed by atoms with Gasteiger partial charge in [0.15, 0.2) is 0 Å². The second-order valence-corrected chi connectivity index (χ2v) is 5.98. The lowest BCUT2D eigenvalue weighted by atomic mass is 9.98. The van der Waals surface area contributed by atoms with Crippen molar-refractivity contribution in [3.63, 3.8) is 0 Å². The monoisotopic (exact) mass is 345 g/mol. The molecule has 21 heavy (non-hydrogen) atoms. The topological polar surface area (TPSA) is 12.0 Å². The quantitative estimate of drug-likeness (QED) is 0.734. The van der Waals surface area contributed by atoms with Crippen LogP contribution in [0.4, 0.5) is 4.39 Å². The molecule has 5 heteroatoms. The molecule has 1 unspecified atom stereocenters. The van der Waals surface area contributed by atoms with Crippen molar-refractivity contribution in [3.8, 4) is 0 Å². The standard InChI is InChI=1S/C16H15Cl3FN/c1-2-21-16(12-5-4-11(17)9-13(12)18)8-10-3-6-15(20)14(19)7-10/h3-7,9,16,21H,2,8H2,1H3. The van der Waals surface area contributed by atoms with Crippen LogP contribution >= 0.6 is 34.8 Å². The average molecular weight is 347 g/mol. The Hall–Kier alpha value is -0.800. The lowest BCUT2D eigenvalue weighted by Gasteiger charge is -2.20. The first-order chi connectivity index (χ1) is 10.0. The van der Waals surface area contributed by atoms with Crippen molar-refractivity contribution < 1.29 is 4.39 Å². The maximum absolute atomic E-state index is 13.2. The summed E-state index contributed by atoms with van der Waals surface area (Å²) in [6.45, 7) is 2.81. The molecule has 2 aromatic carbocycles. The number of halogens is 4. The van der Waals surface area contributed by atoms with E-state index in [1.807, 2.05) is 19.1 Å². The highest BCUT2D eigenvalue weighted by atomic mass is 35.5. The Labute approximate surface area is 139 Å². The smallest absolute Gasteiger partial charge is 0.141 e. The van der Waals surface area contributed by atoms with Gasteiger partial charge in [-0.3, -0.25) is 0 Å². The van der Waals surface area contributed by atoms with E-state index in [2.05, 4.69) is 5.32 Å². The van der Waals surface area contributed by atoms with Gasteiger partial charge in [-0.05, 0) is 48.4 Å². The summed E-state index contributed by atoms with van der Waals surface area (Å²) in [7, 11) is 0. The van der Waals surface area contributed by atoms with Crippen LogP contribution in [0, 0.1) is 5.82 Å².